The average Bonchev–Trinajstić information content (AvgIpc) is 3.50. The Hall–Kier alpha value is -3.84. The SMILES string of the molecule is c1ccc(Oc2ccccc2CSc2nnc(-c3cccnc3)n2Cc2ccco2)cc1. The maximum atomic E-state index is 6.11. The maximum Gasteiger partial charge on any atom is 0.192 e. The van der Waals surface area contributed by atoms with Gasteiger partial charge in [-0.3, -0.25) is 9.55 Å². The van der Waals surface area contributed by atoms with Crippen LogP contribution in [0.2, 0.25) is 0 Å². The number of pyridine rings is 1. The van der Waals surface area contributed by atoms with Crippen LogP contribution >= 0.6 is 11.8 Å². The molecule has 0 bridgehead atoms. The van der Waals surface area contributed by atoms with Crippen molar-refractivity contribution in [3.8, 4) is 22.9 Å². The Morgan fingerprint density at radius 1 is 0.875 bits per heavy atom. The Morgan fingerprint density at radius 2 is 1.75 bits per heavy atom. The van der Waals surface area contributed by atoms with Gasteiger partial charge >= 0.3 is 0 Å². The molecule has 0 N–H and O–H groups in total. The second kappa shape index (κ2) is 9.53. The Morgan fingerprint density at radius 3 is 2.56 bits per heavy atom. The first-order valence-electron chi connectivity index (χ1n) is 10.2. The number of para-hydroxylation sites is 2. The van der Waals surface area contributed by atoms with E-state index in [4.69, 9.17) is 9.15 Å². The lowest BCUT2D eigenvalue weighted by Crippen LogP contribution is -2.03. The second-order valence-electron chi connectivity index (χ2n) is 7.02. The number of ether oxygens (including phenoxy) is 1. The normalized spacial score (nSPS) is 10.9. The molecule has 2 aromatic carbocycles. The van der Waals surface area contributed by atoms with Gasteiger partial charge in [-0.1, -0.05) is 48.2 Å². The van der Waals surface area contributed by atoms with Crippen molar-refractivity contribution in [1.29, 1.82) is 0 Å². The van der Waals surface area contributed by atoms with Crippen molar-refractivity contribution in [2.24, 2.45) is 0 Å². The van der Waals surface area contributed by atoms with E-state index in [-0.39, 0.29) is 0 Å². The van der Waals surface area contributed by atoms with E-state index in [1.165, 1.54) is 0 Å². The molecule has 0 saturated heterocycles. The van der Waals surface area contributed by atoms with Gasteiger partial charge in [0.25, 0.3) is 0 Å². The summed E-state index contributed by atoms with van der Waals surface area (Å²) in [5.41, 5.74) is 1.99. The van der Waals surface area contributed by atoms with E-state index in [2.05, 4.69) is 25.8 Å². The van der Waals surface area contributed by atoms with Gasteiger partial charge in [0.2, 0.25) is 0 Å². The van der Waals surface area contributed by atoms with Crippen molar-refractivity contribution >= 4 is 11.8 Å². The highest BCUT2D eigenvalue weighted by molar-refractivity contribution is 7.98. The summed E-state index contributed by atoms with van der Waals surface area (Å²) in [7, 11) is 0. The molecular weight excluding hydrogens is 420 g/mol. The van der Waals surface area contributed by atoms with Crippen LogP contribution in [0, 0.1) is 0 Å². The van der Waals surface area contributed by atoms with Gasteiger partial charge in [0, 0.05) is 29.3 Å². The smallest absolute Gasteiger partial charge is 0.192 e. The molecule has 3 aromatic heterocycles. The minimum atomic E-state index is 0.536. The van der Waals surface area contributed by atoms with Gasteiger partial charge in [-0.05, 0) is 42.5 Å². The van der Waals surface area contributed by atoms with Gasteiger partial charge in [-0.25, -0.2) is 0 Å². The molecule has 6 nitrogen and oxygen atoms in total. The lowest BCUT2D eigenvalue weighted by Gasteiger charge is -2.12. The summed E-state index contributed by atoms with van der Waals surface area (Å²) in [4.78, 5) is 4.23. The molecule has 0 radical (unpaired) electrons. The van der Waals surface area contributed by atoms with Crippen molar-refractivity contribution in [2.75, 3.05) is 0 Å². The summed E-state index contributed by atoms with van der Waals surface area (Å²) in [6.07, 6.45) is 5.21. The first-order chi connectivity index (χ1) is 15.9. The second-order valence-corrected chi connectivity index (χ2v) is 7.97. The molecule has 0 aliphatic rings. The lowest BCUT2D eigenvalue weighted by atomic mass is 10.2. The predicted molar refractivity (Wildman–Crippen MR) is 124 cm³/mol. The van der Waals surface area contributed by atoms with Gasteiger partial charge in [-0.2, -0.15) is 0 Å². The number of hydrogen-bond acceptors (Lipinski definition) is 6. The van der Waals surface area contributed by atoms with Gasteiger partial charge < -0.3 is 9.15 Å². The van der Waals surface area contributed by atoms with Crippen LogP contribution in [0.15, 0.2) is 107 Å². The minimum absolute atomic E-state index is 0.536. The first-order valence-corrected chi connectivity index (χ1v) is 11.1. The maximum absolute atomic E-state index is 6.11. The van der Waals surface area contributed by atoms with Gasteiger partial charge in [0.05, 0.1) is 12.8 Å². The zero-order chi connectivity index (χ0) is 21.6. The molecule has 158 valence electrons. The van der Waals surface area contributed by atoms with Crippen molar-refractivity contribution < 1.29 is 9.15 Å². The van der Waals surface area contributed by atoms with Crippen molar-refractivity contribution in [3.05, 3.63) is 109 Å². The van der Waals surface area contributed by atoms with Gasteiger partial charge in [-0.15, -0.1) is 10.2 Å². The standard InChI is InChI=1S/C25H20N4O2S/c1-2-10-21(11-3-1)31-23-13-5-4-8-20(23)18-32-25-28-27-24(19-9-6-14-26-16-19)29(25)17-22-12-7-15-30-22/h1-16H,17-18H2. The molecule has 0 atom stereocenters. The molecular formula is C25H20N4O2S. The van der Waals surface area contributed by atoms with E-state index < -0.39 is 0 Å². The summed E-state index contributed by atoms with van der Waals surface area (Å²) < 4.78 is 13.7. The van der Waals surface area contributed by atoms with E-state index in [1.807, 2.05) is 72.8 Å². The third kappa shape index (κ3) is 4.58. The Balaban J connectivity index is 1.41. The van der Waals surface area contributed by atoms with Gasteiger partial charge in [0.1, 0.15) is 17.3 Å². The molecule has 5 aromatic rings. The fraction of sp³-hybridized carbons (Fsp3) is 0.0800. The van der Waals surface area contributed by atoms with Gasteiger partial charge in [0.15, 0.2) is 11.0 Å². The summed E-state index contributed by atoms with van der Waals surface area (Å²) in [6, 6.07) is 25.5. The number of hydrogen-bond donors (Lipinski definition) is 0. The van der Waals surface area contributed by atoms with Crippen LogP contribution in [0.3, 0.4) is 0 Å². The summed E-state index contributed by atoms with van der Waals surface area (Å²) in [5, 5.41) is 9.72. The molecule has 3 heterocycles. The van der Waals surface area contributed by atoms with E-state index in [0.29, 0.717) is 12.3 Å². The zero-order valence-corrected chi connectivity index (χ0v) is 18.0. The van der Waals surface area contributed by atoms with Crippen molar-refractivity contribution in [3.63, 3.8) is 0 Å². The van der Waals surface area contributed by atoms with Crippen LogP contribution in [-0.2, 0) is 12.3 Å². The molecule has 0 saturated carbocycles. The Labute approximate surface area is 189 Å². The van der Waals surface area contributed by atoms with Crippen LogP contribution in [0.5, 0.6) is 11.5 Å². The summed E-state index contributed by atoms with van der Waals surface area (Å²) in [6.45, 7) is 0.536. The van der Waals surface area contributed by atoms with Crippen LogP contribution < -0.4 is 4.74 Å². The molecule has 7 heteroatoms. The topological polar surface area (TPSA) is 66.0 Å². The first kappa shape index (κ1) is 20.1. The number of furan rings is 1. The highest BCUT2D eigenvalue weighted by Crippen LogP contribution is 2.32. The summed E-state index contributed by atoms with van der Waals surface area (Å²) in [5.74, 6) is 3.92. The Kier molecular flexibility index (Phi) is 5.98. The number of benzene rings is 2. The monoisotopic (exact) mass is 440 g/mol. The molecule has 0 aliphatic carbocycles. The van der Waals surface area contributed by atoms with Crippen LogP contribution in [0.25, 0.3) is 11.4 Å². The van der Waals surface area contributed by atoms with E-state index in [9.17, 15) is 0 Å². The zero-order valence-electron chi connectivity index (χ0n) is 17.2. The minimum Gasteiger partial charge on any atom is -0.467 e. The molecule has 5 rings (SSSR count). The fourth-order valence-electron chi connectivity index (χ4n) is 3.29. The number of thioether (sulfide) groups is 1. The van der Waals surface area contributed by atoms with E-state index in [1.54, 1.807) is 30.4 Å². The van der Waals surface area contributed by atoms with Crippen LogP contribution in [-0.4, -0.2) is 19.7 Å². The number of rotatable bonds is 8. The number of aromatic nitrogens is 4. The van der Waals surface area contributed by atoms with E-state index in [0.717, 1.165) is 39.4 Å². The quantitative estimate of drug-likeness (QED) is 0.273. The largest absolute Gasteiger partial charge is 0.467 e. The average molecular weight is 441 g/mol. The van der Waals surface area contributed by atoms with E-state index >= 15 is 0 Å². The molecule has 0 amide bonds. The molecule has 0 unspecified atom stereocenters. The highest BCUT2D eigenvalue weighted by atomic mass is 32.2. The lowest BCUT2D eigenvalue weighted by molar-refractivity contribution is 0.478. The van der Waals surface area contributed by atoms with Crippen molar-refractivity contribution in [1.82, 2.24) is 19.7 Å². The molecule has 32 heavy (non-hydrogen) atoms. The number of nitrogens with zero attached hydrogens (tertiary/aromatic N) is 4. The molecule has 0 fully saturated rings. The third-order valence-electron chi connectivity index (χ3n) is 4.83. The fourth-order valence-corrected chi connectivity index (χ4v) is 4.21. The summed E-state index contributed by atoms with van der Waals surface area (Å²) >= 11 is 1.61. The molecule has 0 aliphatic heterocycles. The molecule has 0 spiro atoms. The van der Waals surface area contributed by atoms with Crippen LogP contribution in [0.1, 0.15) is 11.3 Å². The Bertz CT molecular complexity index is 1270. The van der Waals surface area contributed by atoms with Crippen LogP contribution in [0.4, 0.5) is 0 Å². The third-order valence-corrected chi connectivity index (χ3v) is 5.85. The predicted octanol–water partition coefficient (Wildman–Crippen LogP) is 6.07. The highest BCUT2D eigenvalue weighted by Gasteiger charge is 2.17. The van der Waals surface area contributed by atoms with Crippen molar-refractivity contribution in [2.45, 2.75) is 17.5 Å².